The maximum atomic E-state index is 13.0. The number of piperidine rings is 1. The van der Waals surface area contributed by atoms with E-state index in [1.54, 1.807) is 4.90 Å². The van der Waals surface area contributed by atoms with Gasteiger partial charge in [0.05, 0.1) is 24.4 Å². The van der Waals surface area contributed by atoms with Gasteiger partial charge in [0.2, 0.25) is 0 Å². The average molecular weight is 438 g/mol. The summed E-state index contributed by atoms with van der Waals surface area (Å²) in [5, 5.41) is 4.80. The van der Waals surface area contributed by atoms with E-state index >= 15 is 0 Å². The number of fused-ring (bicyclic) bond motifs is 1. The molecule has 1 saturated heterocycles. The maximum absolute atomic E-state index is 13.0. The molecule has 2 fully saturated rings. The summed E-state index contributed by atoms with van der Waals surface area (Å²) in [6.45, 7) is 5.29. The molecule has 4 rings (SSSR count). The number of methoxy groups -OCH3 is 1. The minimum atomic E-state index is -4.11. The molecule has 2 aromatic heterocycles. The summed E-state index contributed by atoms with van der Waals surface area (Å²) in [5.41, 5.74) is 3.37. The van der Waals surface area contributed by atoms with Crippen LogP contribution in [0.3, 0.4) is 0 Å². The molecule has 0 bridgehead atoms. The van der Waals surface area contributed by atoms with Gasteiger partial charge in [0.25, 0.3) is 0 Å². The van der Waals surface area contributed by atoms with E-state index in [2.05, 4.69) is 11.9 Å². The minimum Gasteiger partial charge on any atom is -0.453 e. The second-order valence-electron chi connectivity index (χ2n) is 9.04. The lowest BCUT2D eigenvalue weighted by Gasteiger charge is -2.36. The van der Waals surface area contributed by atoms with Crippen molar-refractivity contribution in [2.24, 2.45) is 11.8 Å². The first kappa shape index (κ1) is 21.9. The number of amides is 1. The lowest BCUT2D eigenvalue weighted by atomic mass is 9.80. The van der Waals surface area contributed by atoms with Crippen molar-refractivity contribution in [3.63, 3.8) is 0 Å². The van der Waals surface area contributed by atoms with Crippen LogP contribution in [0.5, 0.6) is 0 Å². The van der Waals surface area contributed by atoms with Gasteiger partial charge >= 0.3 is 12.3 Å². The van der Waals surface area contributed by atoms with E-state index in [-0.39, 0.29) is 30.8 Å². The second-order valence-corrected chi connectivity index (χ2v) is 9.04. The fourth-order valence-electron chi connectivity index (χ4n) is 5.08. The zero-order valence-electron chi connectivity index (χ0n) is 18.2. The highest BCUT2D eigenvalue weighted by atomic mass is 19.4. The summed E-state index contributed by atoms with van der Waals surface area (Å²) in [7, 11) is 1.39. The Morgan fingerprint density at radius 3 is 2.52 bits per heavy atom. The molecular formula is C22H29F3N4O2. The van der Waals surface area contributed by atoms with Crippen LogP contribution < -0.4 is 0 Å². The summed E-state index contributed by atoms with van der Waals surface area (Å²) >= 11 is 0. The summed E-state index contributed by atoms with van der Waals surface area (Å²) in [4.78, 5) is 18.4. The van der Waals surface area contributed by atoms with Crippen molar-refractivity contribution in [2.45, 2.75) is 64.0 Å². The Morgan fingerprint density at radius 1 is 1.16 bits per heavy atom. The molecule has 0 spiro atoms. The van der Waals surface area contributed by atoms with Crippen molar-refractivity contribution >= 4 is 11.7 Å². The van der Waals surface area contributed by atoms with E-state index < -0.39 is 12.1 Å². The number of aromatic nitrogens is 3. The number of rotatable bonds is 2. The number of nitrogens with zero attached hydrogens (tertiary/aromatic N) is 4. The summed E-state index contributed by atoms with van der Waals surface area (Å²) < 4.78 is 45.8. The first-order chi connectivity index (χ1) is 14.7. The molecule has 0 N–H and O–H groups in total. The molecule has 1 aliphatic carbocycles. The number of carbonyl (C=O) groups is 1. The van der Waals surface area contributed by atoms with Gasteiger partial charge in [-0.25, -0.2) is 14.3 Å². The van der Waals surface area contributed by atoms with Gasteiger partial charge in [-0.15, -0.1) is 0 Å². The molecule has 1 saturated carbocycles. The first-order valence-corrected chi connectivity index (χ1v) is 10.9. The third kappa shape index (κ3) is 4.36. The SMILES string of the molecule is COC(=O)N1CC[C@@H](C)[C@@H](c2cc(C)nc3cc(C4CCC(C(F)(F)F)CC4)nn23)C1. The van der Waals surface area contributed by atoms with Gasteiger partial charge in [0.15, 0.2) is 5.65 Å². The van der Waals surface area contributed by atoms with Crippen molar-refractivity contribution in [1.82, 2.24) is 19.5 Å². The molecule has 1 amide bonds. The third-order valence-corrected chi connectivity index (χ3v) is 6.98. The topological polar surface area (TPSA) is 59.7 Å². The Morgan fingerprint density at radius 2 is 1.87 bits per heavy atom. The standard InChI is InChI=1S/C22H29F3N4O2/c1-13-8-9-28(21(30)31-3)12-17(13)19-10-14(2)26-20-11-18(27-29(19)20)15-4-6-16(7-5-15)22(23,24)25/h10-11,13,15-17H,4-9,12H2,1-3H3/t13-,15?,16?,17+/m1/s1. The normalized spacial score (nSPS) is 27.5. The lowest BCUT2D eigenvalue weighted by molar-refractivity contribution is -0.182. The zero-order valence-corrected chi connectivity index (χ0v) is 18.2. The fourth-order valence-corrected chi connectivity index (χ4v) is 5.08. The largest absolute Gasteiger partial charge is 0.453 e. The number of ether oxygens (including phenoxy) is 1. The number of carbonyl (C=O) groups excluding carboxylic acids is 1. The van der Waals surface area contributed by atoms with E-state index in [0.717, 1.165) is 23.5 Å². The summed E-state index contributed by atoms with van der Waals surface area (Å²) in [5.74, 6) is -0.764. The second kappa shape index (κ2) is 8.31. The van der Waals surface area contributed by atoms with Crippen LogP contribution in [0.1, 0.15) is 67.9 Å². The molecule has 31 heavy (non-hydrogen) atoms. The van der Waals surface area contributed by atoms with Crippen LogP contribution in [-0.2, 0) is 4.74 Å². The Labute approximate surface area is 179 Å². The van der Waals surface area contributed by atoms with Crippen molar-refractivity contribution in [1.29, 1.82) is 0 Å². The number of aryl methyl sites for hydroxylation is 1. The molecule has 0 unspecified atom stereocenters. The van der Waals surface area contributed by atoms with Crippen LogP contribution in [0.4, 0.5) is 18.0 Å². The molecule has 9 heteroatoms. The summed E-state index contributed by atoms with van der Waals surface area (Å²) in [6, 6.07) is 3.92. The fraction of sp³-hybridized carbons (Fsp3) is 0.682. The zero-order chi connectivity index (χ0) is 22.3. The smallest absolute Gasteiger partial charge is 0.409 e. The molecular weight excluding hydrogens is 409 g/mol. The van der Waals surface area contributed by atoms with Gasteiger partial charge in [-0.3, -0.25) is 0 Å². The quantitative estimate of drug-likeness (QED) is 0.657. The van der Waals surface area contributed by atoms with Crippen LogP contribution in [0.25, 0.3) is 5.65 Å². The van der Waals surface area contributed by atoms with E-state index in [9.17, 15) is 18.0 Å². The highest BCUT2D eigenvalue weighted by molar-refractivity contribution is 5.67. The molecule has 2 aromatic rings. The first-order valence-electron chi connectivity index (χ1n) is 10.9. The maximum Gasteiger partial charge on any atom is 0.409 e. The van der Waals surface area contributed by atoms with Crippen LogP contribution in [0, 0.1) is 18.8 Å². The molecule has 2 atom stereocenters. The predicted molar refractivity (Wildman–Crippen MR) is 109 cm³/mol. The molecule has 3 heterocycles. The Balaban J connectivity index is 1.62. The van der Waals surface area contributed by atoms with Crippen LogP contribution in [0.2, 0.25) is 0 Å². The monoisotopic (exact) mass is 438 g/mol. The van der Waals surface area contributed by atoms with Gasteiger partial charge in [0.1, 0.15) is 0 Å². The number of alkyl halides is 3. The highest BCUT2D eigenvalue weighted by Gasteiger charge is 2.42. The van der Waals surface area contributed by atoms with E-state index in [0.29, 0.717) is 37.5 Å². The molecule has 6 nitrogen and oxygen atoms in total. The minimum absolute atomic E-state index is 0.0174. The summed E-state index contributed by atoms with van der Waals surface area (Å²) in [6.07, 6.45) is -2.32. The average Bonchev–Trinajstić information content (AvgIpc) is 3.16. The predicted octanol–water partition coefficient (Wildman–Crippen LogP) is 5.07. The number of hydrogen-bond acceptors (Lipinski definition) is 4. The van der Waals surface area contributed by atoms with Gasteiger partial charge in [0, 0.05) is 36.7 Å². The lowest BCUT2D eigenvalue weighted by Crippen LogP contribution is -2.42. The van der Waals surface area contributed by atoms with Gasteiger partial charge in [-0.05, 0) is 51.0 Å². The van der Waals surface area contributed by atoms with Crippen LogP contribution in [0.15, 0.2) is 12.1 Å². The van der Waals surface area contributed by atoms with Crippen molar-refractivity contribution in [2.75, 3.05) is 20.2 Å². The Bertz CT molecular complexity index is 950. The Kier molecular flexibility index (Phi) is 5.87. The molecule has 1 aliphatic heterocycles. The van der Waals surface area contributed by atoms with Crippen LogP contribution >= 0.6 is 0 Å². The van der Waals surface area contributed by atoms with E-state index in [4.69, 9.17) is 9.84 Å². The molecule has 0 radical (unpaired) electrons. The third-order valence-electron chi connectivity index (χ3n) is 6.98. The molecule has 170 valence electrons. The van der Waals surface area contributed by atoms with Crippen molar-refractivity contribution in [3.8, 4) is 0 Å². The van der Waals surface area contributed by atoms with Crippen molar-refractivity contribution < 1.29 is 22.7 Å². The van der Waals surface area contributed by atoms with Gasteiger partial charge in [-0.1, -0.05) is 6.92 Å². The van der Waals surface area contributed by atoms with Crippen LogP contribution in [-0.4, -0.2) is 52.0 Å². The number of hydrogen-bond donors (Lipinski definition) is 0. The Hall–Kier alpha value is -2.32. The molecule has 2 aliphatic rings. The van der Waals surface area contributed by atoms with E-state index in [1.807, 2.05) is 23.6 Å². The number of likely N-dealkylation sites (tertiary alicyclic amines) is 1. The van der Waals surface area contributed by atoms with Crippen molar-refractivity contribution in [3.05, 3.63) is 29.2 Å². The van der Waals surface area contributed by atoms with Gasteiger partial charge in [-0.2, -0.15) is 18.3 Å². The number of halogens is 3. The molecule has 0 aromatic carbocycles. The van der Waals surface area contributed by atoms with E-state index in [1.165, 1.54) is 7.11 Å². The van der Waals surface area contributed by atoms with Gasteiger partial charge < -0.3 is 9.64 Å². The highest BCUT2D eigenvalue weighted by Crippen LogP contribution is 2.43.